The molecule has 112 valence electrons. The van der Waals surface area contributed by atoms with E-state index in [4.69, 9.17) is 11.6 Å². The molecule has 2 nitrogen and oxygen atoms in total. The van der Waals surface area contributed by atoms with Crippen LogP contribution in [-0.2, 0) is 0 Å². The predicted octanol–water partition coefficient (Wildman–Crippen LogP) is 5.84. The summed E-state index contributed by atoms with van der Waals surface area (Å²) in [6, 6.07) is 17.2. The van der Waals surface area contributed by atoms with Crippen molar-refractivity contribution >= 4 is 28.2 Å². The van der Waals surface area contributed by atoms with Crippen LogP contribution in [0.5, 0.6) is 0 Å². The minimum atomic E-state index is 0.574. The molecule has 3 aromatic rings. The van der Waals surface area contributed by atoms with Crippen molar-refractivity contribution in [3.05, 3.63) is 53.6 Å². The molecule has 0 unspecified atom stereocenters. The van der Waals surface area contributed by atoms with Crippen molar-refractivity contribution < 1.29 is 0 Å². The van der Waals surface area contributed by atoms with Gasteiger partial charge in [0.1, 0.15) is 0 Å². The molecular weight excluding hydrogens is 292 g/mol. The normalized spacial score (nSPS) is 15.5. The molecule has 0 amide bonds. The van der Waals surface area contributed by atoms with Crippen LogP contribution in [0.25, 0.3) is 22.2 Å². The molecule has 0 spiro atoms. The molecular formula is C19H19ClN2. The highest BCUT2D eigenvalue weighted by Gasteiger charge is 2.17. The van der Waals surface area contributed by atoms with E-state index in [1.807, 2.05) is 18.2 Å². The summed E-state index contributed by atoms with van der Waals surface area (Å²) in [5, 5.41) is 5.62. The van der Waals surface area contributed by atoms with Crippen molar-refractivity contribution in [3.63, 3.8) is 0 Å². The van der Waals surface area contributed by atoms with Crippen molar-refractivity contribution in [2.45, 2.75) is 31.7 Å². The summed E-state index contributed by atoms with van der Waals surface area (Å²) in [4.78, 5) is 3.56. The Labute approximate surface area is 135 Å². The summed E-state index contributed by atoms with van der Waals surface area (Å²) in [5.41, 5.74) is 4.60. The summed E-state index contributed by atoms with van der Waals surface area (Å²) in [7, 11) is 0. The standard InChI is InChI=1S/C19H19ClN2/c20-15-10-14-11-17(13-6-2-1-3-7-13)22-19(14)18(12-15)21-16-8-4-5-9-16/h1-3,6-7,10-12,16,21-22H,4-5,8-9H2. The minimum Gasteiger partial charge on any atom is -0.381 e. The fraction of sp³-hybridized carbons (Fsp3) is 0.263. The number of benzene rings is 2. The van der Waals surface area contributed by atoms with Crippen LogP contribution < -0.4 is 5.32 Å². The van der Waals surface area contributed by atoms with Crippen LogP contribution in [0.1, 0.15) is 25.7 Å². The number of fused-ring (bicyclic) bond motifs is 1. The lowest BCUT2D eigenvalue weighted by atomic mass is 10.1. The second-order valence-electron chi connectivity index (χ2n) is 6.09. The summed E-state index contributed by atoms with van der Waals surface area (Å²) < 4.78 is 0. The Bertz CT molecular complexity index is 786. The van der Waals surface area contributed by atoms with Gasteiger partial charge in [-0.1, -0.05) is 54.8 Å². The van der Waals surface area contributed by atoms with Crippen molar-refractivity contribution in [1.29, 1.82) is 0 Å². The van der Waals surface area contributed by atoms with Crippen molar-refractivity contribution in [2.75, 3.05) is 5.32 Å². The van der Waals surface area contributed by atoms with E-state index in [1.54, 1.807) is 0 Å². The van der Waals surface area contributed by atoms with Gasteiger partial charge in [0.05, 0.1) is 11.2 Å². The SMILES string of the molecule is Clc1cc(NC2CCCC2)c2[nH]c(-c3ccccc3)cc2c1. The van der Waals surface area contributed by atoms with Gasteiger partial charge in [-0.25, -0.2) is 0 Å². The van der Waals surface area contributed by atoms with Gasteiger partial charge >= 0.3 is 0 Å². The highest BCUT2D eigenvalue weighted by Crippen LogP contribution is 2.33. The first-order chi connectivity index (χ1) is 10.8. The third-order valence-corrected chi connectivity index (χ3v) is 4.71. The van der Waals surface area contributed by atoms with Gasteiger partial charge < -0.3 is 10.3 Å². The number of hydrogen-bond acceptors (Lipinski definition) is 1. The number of aromatic amines is 1. The lowest BCUT2D eigenvalue weighted by molar-refractivity contribution is 0.756. The maximum absolute atomic E-state index is 6.31. The molecule has 2 aromatic carbocycles. The average molecular weight is 311 g/mol. The van der Waals surface area contributed by atoms with Crippen LogP contribution in [0.15, 0.2) is 48.5 Å². The lowest BCUT2D eigenvalue weighted by Crippen LogP contribution is -2.14. The van der Waals surface area contributed by atoms with E-state index in [1.165, 1.54) is 31.2 Å². The average Bonchev–Trinajstić information content (AvgIpc) is 3.17. The van der Waals surface area contributed by atoms with Crippen molar-refractivity contribution in [2.24, 2.45) is 0 Å². The molecule has 3 heteroatoms. The molecule has 1 aliphatic carbocycles. The number of anilines is 1. The first kappa shape index (κ1) is 13.7. The van der Waals surface area contributed by atoms with E-state index in [2.05, 4.69) is 40.6 Å². The molecule has 2 N–H and O–H groups in total. The zero-order valence-electron chi connectivity index (χ0n) is 12.4. The largest absolute Gasteiger partial charge is 0.381 e. The first-order valence-corrected chi connectivity index (χ1v) is 8.31. The van der Waals surface area contributed by atoms with Gasteiger partial charge in [0, 0.05) is 22.1 Å². The van der Waals surface area contributed by atoms with Crippen LogP contribution in [0.2, 0.25) is 5.02 Å². The summed E-state index contributed by atoms with van der Waals surface area (Å²) in [6.45, 7) is 0. The molecule has 1 heterocycles. The lowest BCUT2D eigenvalue weighted by Gasteiger charge is -2.14. The fourth-order valence-corrected chi connectivity index (χ4v) is 3.61. The second kappa shape index (κ2) is 5.69. The van der Waals surface area contributed by atoms with E-state index in [0.717, 1.165) is 27.3 Å². The van der Waals surface area contributed by atoms with Crippen LogP contribution in [0.3, 0.4) is 0 Å². The molecule has 0 saturated heterocycles. The topological polar surface area (TPSA) is 27.8 Å². The van der Waals surface area contributed by atoms with E-state index in [-0.39, 0.29) is 0 Å². The predicted molar refractivity (Wildman–Crippen MR) is 94.6 cm³/mol. The quantitative estimate of drug-likeness (QED) is 0.624. The van der Waals surface area contributed by atoms with Gasteiger partial charge in [0.2, 0.25) is 0 Å². The van der Waals surface area contributed by atoms with Gasteiger partial charge in [-0.2, -0.15) is 0 Å². The molecule has 4 rings (SSSR count). The molecule has 0 aliphatic heterocycles. The van der Waals surface area contributed by atoms with Crippen LogP contribution in [0.4, 0.5) is 5.69 Å². The number of nitrogens with one attached hydrogen (secondary N) is 2. The Morgan fingerprint density at radius 3 is 2.55 bits per heavy atom. The highest BCUT2D eigenvalue weighted by atomic mass is 35.5. The maximum atomic E-state index is 6.31. The molecule has 0 atom stereocenters. The molecule has 0 bridgehead atoms. The van der Waals surface area contributed by atoms with Gasteiger partial charge in [0.15, 0.2) is 0 Å². The third kappa shape index (κ3) is 2.59. The van der Waals surface area contributed by atoms with E-state index in [9.17, 15) is 0 Å². The zero-order valence-corrected chi connectivity index (χ0v) is 13.2. The number of rotatable bonds is 3. The van der Waals surface area contributed by atoms with Gasteiger partial charge in [-0.3, -0.25) is 0 Å². The number of halogens is 1. The maximum Gasteiger partial charge on any atom is 0.0695 e. The number of aromatic nitrogens is 1. The molecule has 1 saturated carbocycles. The summed E-state index contributed by atoms with van der Waals surface area (Å²) in [5.74, 6) is 0. The number of hydrogen-bond donors (Lipinski definition) is 2. The Morgan fingerprint density at radius 1 is 1.00 bits per heavy atom. The van der Waals surface area contributed by atoms with E-state index in [0.29, 0.717) is 6.04 Å². The first-order valence-electron chi connectivity index (χ1n) is 7.94. The van der Waals surface area contributed by atoms with Crippen LogP contribution in [0, 0.1) is 0 Å². The van der Waals surface area contributed by atoms with E-state index < -0.39 is 0 Å². The third-order valence-electron chi connectivity index (χ3n) is 4.49. The summed E-state index contributed by atoms with van der Waals surface area (Å²) in [6.07, 6.45) is 5.14. The summed E-state index contributed by atoms with van der Waals surface area (Å²) >= 11 is 6.31. The molecule has 1 fully saturated rings. The molecule has 0 radical (unpaired) electrons. The van der Waals surface area contributed by atoms with Gasteiger partial charge in [0.25, 0.3) is 0 Å². The number of H-pyrrole nitrogens is 1. The molecule has 1 aromatic heterocycles. The Balaban J connectivity index is 1.77. The van der Waals surface area contributed by atoms with E-state index >= 15 is 0 Å². The minimum absolute atomic E-state index is 0.574. The fourth-order valence-electron chi connectivity index (χ4n) is 3.38. The Kier molecular flexibility index (Phi) is 3.55. The van der Waals surface area contributed by atoms with Crippen molar-refractivity contribution in [1.82, 2.24) is 4.98 Å². The Morgan fingerprint density at radius 2 is 1.77 bits per heavy atom. The van der Waals surface area contributed by atoms with Gasteiger partial charge in [-0.15, -0.1) is 0 Å². The molecule has 22 heavy (non-hydrogen) atoms. The monoisotopic (exact) mass is 310 g/mol. The molecule has 1 aliphatic rings. The van der Waals surface area contributed by atoms with Crippen LogP contribution in [-0.4, -0.2) is 11.0 Å². The van der Waals surface area contributed by atoms with Gasteiger partial charge in [-0.05, 0) is 36.6 Å². The van der Waals surface area contributed by atoms with Crippen LogP contribution >= 0.6 is 11.6 Å². The zero-order chi connectivity index (χ0) is 14.9. The smallest absolute Gasteiger partial charge is 0.0695 e. The van der Waals surface area contributed by atoms with Crippen molar-refractivity contribution in [3.8, 4) is 11.3 Å². The highest BCUT2D eigenvalue weighted by molar-refractivity contribution is 6.32. The second-order valence-corrected chi connectivity index (χ2v) is 6.53. The Hall–Kier alpha value is -1.93.